The molecule has 0 aromatic rings. The molecule has 25 heavy (non-hydrogen) atoms. The highest BCUT2D eigenvalue weighted by Gasteiger charge is 2.37. The van der Waals surface area contributed by atoms with E-state index in [1.54, 1.807) is 0 Å². The number of unbranched alkanes of at least 4 members (excludes halogenated alkanes) is 3. The highest BCUT2D eigenvalue weighted by molar-refractivity contribution is 5.88. The van der Waals surface area contributed by atoms with Crippen LogP contribution in [0.1, 0.15) is 65.7 Å². The summed E-state index contributed by atoms with van der Waals surface area (Å²) >= 11 is 0. The van der Waals surface area contributed by atoms with Gasteiger partial charge in [0.1, 0.15) is 0 Å². The maximum atomic E-state index is 11.7. The molecule has 0 aliphatic carbocycles. The van der Waals surface area contributed by atoms with Crippen LogP contribution < -0.4 is 0 Å². The van der Waals surface area contributed by atoms with Crippen molar-refractivity contribution < 1.29 is 29.3 Å². The van der Waals surface area contributed by atoms with Gasteiger partial charge < -0.3 is 19.7 Å². The molecule has 0 radical (unpaired) electrons. The molecule has 0 bridgehead atoms. The maximum absolute atomic E-state index is 11.7. The van der Waals surface area contributed by atoms with Gasteiger partial charge in [0, 0.05) is 17.8 Å². The molecule has 1 unspecified atom stereocenters. The first-order valence-corrected chi connectivity index (χ1v) is 8.72. The van der Waals surface area contributed by atoms with Gasteiger partial charge in [-0.1, -0.05) is 45.8 Å². The van der Waals surface area contributed by atoms with Crippen molar-refractivity contribution in [1.82, 2.24) is 0 Å². The van der Waals surface area contributed by atoms with Gasteiger partial charge in [-0.05, 0) is 32.6 Å². The van der Waals surface area contributed by atoms with Crippen molar-refractivity contribution in [3.63, 3.8) is 0 Å². The average molecular weight is 356 g/mol. The van der Waals surface area contributed by atoms with Gasteiger partial charge in [-0.2, -0.15) is 0 Å². The van der Waals surface area contributed by atoms with Crippen molar-refractivity contribution in [2.24, 2.45) is 5.92 Å². The molecule has 1 atom stereocenters. The van der Waals surface area contributed by atoms with Gasteiger partial charge in [0.2, 0.25) is 0 Å². The number of carbonyl (C=O) groups is 2. The predicted octanol–water partition coefficient (Wildman–Crippen LogP) is 3.23. The molecule has 144 valence electrons. The largest absolute Gasteiger partial charge is 0.396 e. The number of ether oxygens (including phenoxy) is 2. The lowest BCUT2D eigenvalue weighted by Gasteiger charge is -2.28. The SMILES string of the molecule is C=C(C)C(=O)OC(O)(CCC(C)CCCCCCO)OC(=O)C(=C)C. The zero-order chi connectivity index (χ0) is 19.5. The smallest absolute Gasteiger partial charge is 0.373 e. The van der Waals surface area contributed by atoms with E-state index in [9.17, 15) is 14.7 Å². The predicted molar refractivity (Wildman–Crippen MR) is 95.3 cm³/mol. The van der Waals surface area contributed by atoms with Crippen LogP contribution in [0.3, 0.4) is 0 Å². The number of aliphatic hydroxyl groups excluding tert-OH is 1. The Kier molecular flexibility index (Phi) is 11.0. The van der Waals surface area contributed by atoms with Gasteiger partial charge in [-0.15, -0.1) is 0 Å². The molecule has 0 saturated carbocycles. The summed E-state index contributed by atoms with van der Waals surface area (Å²) in [6.07, 6.45) is 5.26. The fourth-order valence-electron chi connectivity index (χ4n) is 2.12. The van der Waals surface area contributed by atoms with Gasteiger partial charge in [-0.3, -0.25) is 0 Å². The summed E-state index contributed by atoms with van der Waals surface area (Å²) in [5.41, 5.74) is 0.198. The van der Waals surface area contributed by atoms with E-state index < -0.39 is 17.9 Å². The number of rotatable bonds is 13. The molecule has 2 N–H and O–H groups in total. The van der Waals surface area contributed by atoms with Crippen molar-refractivity contribution in [2.75, 3.05) is 6.61 Å². The van der Waals surface area contributed by atoms with E-state index in [0.717, 1.165) is 32.1 Å². The van der Waals surface area contributed by atoms with Crippen LogP contribution in [-0.2, 0) is 19.1 Å². The zero-order valence-electron chi connectivity index (χ0n) is 15.7. The van der Waals surface area contributed by atoms with Crippen LogP contribution in [0.5, 0.6) is 0 Å². The summed E-state index contributed by atoms with van der Waals surface area (Å²) < 4.78 is 9.87. The number of hydrogen-bond acceptors (Lipinski definition) is 6. The van der Waals surface area contributed by atoms with Crippen molar-refractivity contribution in [2.45, 2.75) is 71.7 Å². The quantitative estimate of drug-likeness (QED) is 0.228. The van der Waals surface area contributed by atoms with Crippen molar-refractivity contribution in [3.05, 3.63) is 24.3 Å². The van der Waals surface area contributed by atoms with E-state index >= 15 is 0 Å². The van der Waals surface area contributed by atoms with E-state index in [2.05, 4.69) is 13.2 Å². The minimum absolute atomic E-state index is 0.0250. The summed E-state index contributed by atoms with van der Waals surface area (Å²) in [5.74, 6) is -3.72. The van der Waals surface area contributed by atoms with E-state index in [1.165, 1.54) is 13.8 Å². The average Bonchev–Trinajstić information content (AvgIpc) is 2.52. The third-order valence-corrected chi connectivity index (χ3v) is 3.76. The monoisotopic (exact) mass is 356 g/mol. The minimum atomic E-state index is -2.32. The molecule has 0 rings (SSSR count). The van der Waals surface area contributed by atoms with Gasteiger partial charge >= 0.3 is 17.9 Å². The van der Waals surface area contributed by atoms with Crippen LogP contribution in [0, 0.1) is 5.92 Å². The number of esters is 2. The van der Waals surface area contributed by atoms with Crippen molar-refractivity contribution in [3.8, 4) is 0 Å². The first kappa shape index (κ1) is 23.3. The van der Waals surface area contributed by atoms with Crippen LogP contribution in [0.25, 0.3) is 0 Å². The normalized spacial score (nSPS) is 12.4. The highest BCUT2D eigenvalue weighted by atomic mass is 16.8. The molecule has 0 heterocycles. The van der Waals surface area contributed by atoms with Gasteiger partial charge in [0.05, 0.1) is 6.42 Å². The van der Waals surface area contributed by atoms with E-state index in [4.69, 9.17) is 14.6 Å². The summed E-state index contributed by atoms with van der Waals surface area (Å²) in [4.78, 5) is 23.4. The first-order valence-electron chi connectivity index (χ1n) is 8.72. The summed E-state index contributed by atoms with van der Waals surface area (Å²) in [6, 6.07) is 0. The highest BCUT2D eigenvalue weighted by Crippen LogP contribution is 2.25. The molecule has 6 heteroatoms. The molecule has 0 fully saturated rings. The maximum Gasteiger partial charge on any atom is 0.373 e. The fraction of sp³-hybridized carbons (Fsp3) is 0.684. The van der Waals surface area contributed by atoms with Crippen molar-refractivity contribution >= 4 is 11.9 Å². The van der Waals surface area contributed by atoms with Crippen molar-refractivity contribution in [1.29, 1.82) is 0 Å². The lowest BCUT2D eigenvalue weighted by molar-refractivity contribution is -0.325. The Balaban J connectivity index is 4.61. The van der Waals surface area contributed by atoms with E-state index in [1.807, 2.05) is 6.92 Å². The van der Waals surface area contributed by atoms with Gasteiger partial charge in [0.25, 0.3) is 0 Å². The van der Waals surface area contributed by atoms with Crippen LogP contribution in [0.4, 0.5) is 0 Å². The Labute approximate surface area is 150 Å². The van der Waals surface area contributed by atoms with Crippen LogP contribution in [0.2, 0.25) is 0 Å². The molecule has 0 aromatic carbocycles. The van der Waals surface area contributed by atoms with Gasteiger partial charge in [0.15, 0.2) is 0 Å². The fourth-order valence-corrected chi connectivity index (χ4v) is 2.12. The lowest BCUT2D eigenvalue weighted by atomic mass is 9.97. The van der Waals surface area contributed by atoms with Crippen LogP contribution in [0.15, 0.2) is 24.3 Å². The van der Waals surface area contributed by atoms with Crippen LogP contribution >= 0.6 is 0 Å². The van der Waals surface area contributed by atoms with E-state index in [-0.39, 0.29) is 30.1 Å². The third-order valence-electron chi connectivity index (χ3n) is 3.76. The Morgan fingerprint density at radius 3 is 1.88 bits per heavy atom. The Hall–Kier alpha value is -1.66. The Morgan fingerprint density at radius 2 is 1.44 bits per heavy atom. The molecule has 0 saturated heterocycles. The lowest BCUT2D eigenvalue weighted by Crippen LogP contribution is -2.40. The molecular formula is C19H32O6. The Bertz CT molecular complexity index is 441. The molecule has 0 spiro atoms. The Morgan fingerprint density at radius 1 is 0.960 bits per heavy atom. The second-order valence-corrected chi connectivity index (χ2v) is 6.62. The molecule has 0 aliphatic heterocycles. The standard InChI is InChI=1S/C19H32O6/c1-14(2)17(21)24-19(23,25-18(22)15(3)4)12-11-16(5)10-8-6-7-9-13-20/h16,20,23H,1,3,6-13H2,2,4-5H3. The molecule has 0 aromatic heterocycles. The summed E-state index contributed by atoms with van der Waals surface area (Å²) in [7, 11) is 0. The molecule has 0 amide bonds. The number of aliphatic hydroxyl groups is 2. The van der Waals surface area contributed by atoms with Gasteiger partial charge in [-0.25, -0.2) is 9.59 Å². The third kappa shape index (κ3) is 10.7. The number of carbonyl (C=O) groups excluding carboxylic acids is 2. The summed E-state index contributed by atoms with van der Waals surface area (Å²) in [6.45, 7) is 12.0. The number of hydrogen-bond donors (Lipinski definition) is 2. The topological polar surface area (TPSA) is 93.1 Å². The summed E-state index contributed by atoms with van der Waals surface area (Å²) in [5, 5.41) is 19.2. The minimum Gasteiger partial charge on any atom is -0.396 e. The first-order chi connectivity index (χ1) is 11.6. The zero-order valence-corrected chi connectivity index (χ0v) is 15.7. The van der Waals surface area contributed by atoms with E-state index in [0.29, 0.717) is 6.42 Å². The molecule has 0 aliphatic rings. The molecular weight excluding hydrogens is 324 g/mol. The van der Waals surface area contributed by atoms with Crippen LogP contribution in [-0.4, -0.2) is 34.7 Å². The second-order valence-electron chi connectivity index (χ2n) is 6.62. The second kappa shape index (κ2) is 11.8. The molecule has 6 nitrogen and oxygen atoms in total.